The molecule has 1 aliphatic heterocycles. The molecule has 0 amide bonds. The summed E-state index contributed by atoms with van der Waals surface area (Å²) in [6.45, 7) is 6.58. The summed E-state index contributed by atoms with van der Waals surface area (Å²) in [5, 5.41) is 0. The Morgan fingerprint density at radius 1 is 1.43 bits per heavy atom. The van der Waals surface area contributed by atoms with Gasteiger partial charge in [0.15, 0.2) is 0 Å². The van der Waals surface area contributed by atoms with Gasteiger partial charge in [0.1, 0.15) is 0 Å². The molecule has 0 N–H and O–H groups in total. The van der Waals surface area contributed by atoms with Crippen LogP contribution in [0.5, 0.6) is 0 Å². The van der Waals surface area contributed by atoms with E-state index in [4.69, 9.17) is 4.74 Å². The normalized spacial score (nSPS) is 21.4. The largest absolute Gasteiger partial charge is 0.381 e. The Bertz CT molecular complexity index is 146. The molecule has 1 aliphatic rings. The Morgan fingerprint density at radius 2 is 2.07 bits per heavy atom. The first-order valence-electron chi connectivity index (χ1n) is 5.59. The van der Waals surface area contributed by atoms with E-state index in [-0.39, 0.29) is 0 Å². The van der Waals surface area contributed by atoms with Crippen molar-refractivity contribution >= 4 is 15.9 Å². The molecule has 1 atom stereocenters. The molecule has 3 heteroatoms. The summed E-state index contributed by atoms with van der Waals surface area (Å²) in [7, 11) is 2.23. The second-order valence-corrected chi connectivity index (χ2v) is 5.95. The van der Waals surface area contributed by atoms with E-state index in [1.807, 2.05) is 0 Å². The highest BCUT2D eigenvalue weighted by atomic mass is 79.9. The van der Waals surface area contributed by atoms with E-state index in [9.17, 15) is 0 Å². The molecular formula is C11H22BrNO. The highest BCUT2D eigenvalue weighted by Gasteiger charge is 2.15. The summed E-state index contributed by atoms with van der Waals surface area (Å²) in [6.07, 6.45) is 3.72. The third-order valence-corrected chi connectivity index (χ3v) is 3.28. The predicted octanol–water partition coefficient (Wildman–Crippen LogP) is 2.52. The molecule has 0 aromatic rings. The van der Waals surface area contributed by atoms with Crippen molar-refractivity contribution in [3.63, 3.8) is 0 Å². The molecule has 1 unspecified atom stereocenters. The number of rotatable bonds is 5. The Hall–Kier alpha value is 0.400. The van der Waals surface area contributed by atoms with E-state index < -0.39 is 0 Å². The minimum absolute atomic E-state index is 0.639. The smallest absolute Gasteiger partial charge is 0.0469 e. The molecule has 0 spiro atoms. The van der Waals surface area contributed by atoms with Gasteiger partial charge in [-0.1, -0.05) is 22.9 Å². The molecule has 0 bridgehead atoms. The molecule has 84 valence electrons. The van der Waals surface area contributed by atoms with Gasteiger partial charge in [0.05, 0.1) is 0 Å². The highest BCUT2D eigenvalue weighted by molar-refractivity contribution is 9.09. The SMILES string of the molecule is CC(Br)CCN(C)CC1CCOCC1. The fourth-order valence-corrected chi connectivity index (χ4v) is 2.06. The second kappa shape index (κ2) is 6.81. The summed E-state index contributed by atoms with van der Waals surface area (Å²) in [4.78, 5) is 3.09. The fraction of sp³-hybridized carbons (Fsp3) is 1.00. The molecule has 1 fully saturated rings. The van der Waals surface area contributed by atoms with Gasteiger partial charge < -0.3 is 9.64 Å². The summed E-state index contributed by atoms with van der Waals surface area (Å²) in [5.41, 5.74) is 0. The van der Waals surface area contributed by atoms with Gasteiger partial charge in [-0.25, -0.2) is 0 Å². The first kappa shape index (κ1) is 12.5. The molecule has 0 saturated carbocycles. The molecule has 0 aromatic carbocycles. The van der Waals surface area contributed by atoms with Crippen LogP contribution in [0.3, 0.4) is 0 Å². The zero-order valence-corrected chi connectivity index (χ0v) is 10.9. The highest BCUT2D eigenvalue weighted by Crippen LogP contribution is 2.16. The minimum Gasteiger partial charge on any atom is -0.381 e. The summed E-state index contributed by atoms with van der Waals surface area (Å²) in [5.74, 6) is 0.861. The first-order chi connectivity index (χ1) is 6.68. The van der Waals surface area contributed by atoms with E-state index >= 15 is 0 Å². The van der Waals surface area contributed by atoms with E-state index in [1.165, 1.54) is 32.4 Å². The van der Waals surface area contributed by atoms with Crippen LogP contribution < -0.4 is 0 Å². The molecule has 2 nitrogen and oxygen atoms in total. The third kappa shape index (κ3) is 5.32. The lowest BCUT2D eigenvalue weighted by Gasteiger charge is -2.27. The van der Waals surface area contributed by atoms with Crippen molar-refractivity contribution in [1.29, 1.82) is 0 Å². The van der Waals surface area contributed by atoms with Crippen LogP contribution in [0.15, 0.2) is 0 Å². The summed E-state index contributed by atoms with van der Waals surface area (Å²) < 4.78 is 5.35. The van der Waals surface area contributed by atoms with Crippen molar-refractivity contribution in [2.24, 2.45) is 5.92 Å². The van der Waals surface area contributed by atoms with Crippen molar-refractivity contribution in [3.05, 3.63) is 0 Å². The summed E-state index contributed by atoms with van der Waals surface area (Å²) in [6, 6.07) is 0. The van der Waals surface area contributed by atoms with Gasteiger partial charge in [-0.15, -0.1) is 0 Å². The molecular weight excluding hydrogens is 242 g/mol. The molecule has 14 heavy (non-hydrogen) atoms. The Balaban J connectivity index is 2.09. The van der Waals surface area contributed by atoms with Crippen molar-refractivity contribution in [2.45, 2.75) is 31.0 Å². The Labute approximate surface area is 96.1 Å². The quantitative estimate of drug-likeness (QED) is 0.707. The number of nitrogens with zero attached hydrogens (tertiary/aromatic N) is 1. The van der Waals surface area contributed by atoms with Gasteiger partial charge in [-0.2, -0.15) is 0 Å². The lowest BCUT2D eigenvalue weighted by molar-refractivity contribution is 0.0557. The number of alkyl halides is 1. The molecule has 0 radical (unpaired) electrons. The maximum atomic E-state index is 5.35. The predicted molar refractivity (Wildman–Crippen MR) is 64.0 cm³/mol. The average molecular weight is 264 g/mol. The lowest BCUT2D eigenvalue weighted by atomic mass is 10.00. The topological polar surface area (TPSA) is 12.5 Å². The van der Waals surface area contributed by atoms with Gasteiger partial charge in [-0.05, 0) is 38.8 Å². The average Bonchev–Trinajstić information content (AvgIpc) is 2.16. The number of hydrogen-bond acceptors (Lipinski definition) is 2. The van der Waals surface area contributed by atoms with Crippen molar-refractivity contribution in [1.82, 2.24) is 4.90 Å². The maximum Gasteiger partial charge on any atom is 0.0469 e. The van der Waals surface area contributed by atoms with E-state index in [1.54, 1.807) is 0 Å². The third-order valence-electron chi connectivity index (χ3n) is 2.82. The molecule has 1 saturated heterocycles. The monoisotopic (exact) mass is 263 g/mol. The van der Waals surface area contributed by atoms with Crippen LogP contribution in [0.1, 0.15) is 26.2 Å². The van der Waals surface area contributed by atoms with Gasteiger partial charge >= 0.3 is 0 Å². The number of halogens is 1. The standard InChI is InChI=1S/C11H22BrNO/c1-10(12)3-6-13(2)9-11-4-7-14-8-5-11/h10-11H,3-9H2,1-2H3. The van der Waals surface area contributed by atoms with Crippen LogP contribution in [-0.4, -0.2) is 43.1 Å². The lowest BCUT2D eigenvalue weighted by Crippen LogP contribution is -2.30. The van der Waals surface area contributed by atoms with Crippen molar-refractivity contribution in [2.75, 3.05) is 33.4 Å². The van der Waals surface area contributed by atoms with Crippen LogP contribution >= 0.6 is 15.9 Å². The molecule has 1 rings (SSSR count). The van der Waals surface area contributed by atoms with Crippen LogP contribution in [0.25, 0.3) is 0 Å². The van der Waals surface area contributed by atoms with Gasteiger partial charge in [0, 0.05) is 24.6 Å². The van der Waals surface area contributed by atoms with Crippen molar-refractivity contribution < 1.29 is 4.74 Å². The van der Waals surface area contributed by atoms with Gasteiger partial charge in [0.25, 0.3) is 0 Å². The number of ether oxygens (including phenoxy) is 1. The van der Waals surface area contributed by atoms with E-state index in [2.05, 4.69) is 34.8 Å². The summed E-state index contributed by atoms with van der Waals surface area (Å²) >= 11 is 3.58. The zero-order chi connectivity index (χ0) is 10.4. The van der Waals surface area contributed by atoms with Crippen LogP contribution in [0.4, 0.5) is 0 Å². The number of hydrogen-bond donors (Lipinski definition) is 0. The molecule has 1 heterocycles. The maximum absolute atomic E-state index is 5.35. The van der Waals surface area contributed by atoms with Crippen molar-refractivity contribution in [3.8, 4) is 0 Å². The molecule has 0 aliphatic carbocycles. The van der Waals surface area contributed by atoms with Gasteiger partial charge in [0.2, 0.25) is 0 Å². The van der Waals surface area contributed by atoms with E-state index in [0.717, 1.165) is 19.1 Å². The second-order valence-electron chi connectivity index (χ2n) is 4.39. The van der Waals surface area contributed by atoms with E-state index in [0.29, 0.717) is 4.83 Å². The minimum atomic E-state index is 0.639. The Kier molecular flexibility index (Phi) is 6.06. The van der Waals surface area contributed by atoms with Crippen LogP contribution in [0, 0.1) is 5.92 Å². The van der Waals surface area contributed by atoms with Crippen LogP contribution in [-0.2, 0) is 4.74 Å². The fourth-order valence-electron chi connectivity index (χ4n) is 1.86. The van der Waals surface area contributed by atoms with Gasteiger partial charge in [-0.3, -0.25) is 0 Å². The molecule has 0 aromatic heterocycles. The Morgan fingerprint density at radius 3 is 2.64 bits per heavy atom. The first-order valence-corrected chi connectivity index (χ1v) is 6.50. The van der Waals surface area contributed by atoms with Crippen LogP contribution in [0.2, 0.25) is 0 Å². The zero-order valence-electron chi connectivity index (χ0n) is 9.34.